The molecule has 0 spiro atoms. The number of rotatable bonds is 4. The van der Waals surface area contributed by atoms with Gasteiger partial charge in [-0.25, -0.2) is 0 Å². The molecule has 2 nitrogen and oxygen atoms in total. The highest BCUT2D eigenvalue weighted by Crippen LogP contribution is 2.23. The quantitative estimate of drug-likeness (QED) is 0.838. The Morgan fingerprint density at radius 1 is 1.00 bits per heavy atom. The first kappa shape index (κ1) is 13.5. The van der Waals surface area contributed by atoms with Crippen LogP contribution in [0.4, 0.5) is 5.69 Å². The maximum Gasteiger partial charge on any atom is 0.141 e. The fourth-order valence-electron chi connectivity index (χ4n) is 2.15. The van der Waals surface area contributed by atoms with E-state index in [1.165, 1.54) is 16.7 Å². The number of hydrogen-bond acceptors (Lipinski definition) is 2. The van der Waals surface area contributed by atoms with Crippen molar-refractivity contribution in [1.29, 1.82) is 0 Å². The highest BCUT2D eigenvalue weighted by atomic mass is 16.5. The third kappa shape index (κ3) is 3.28. The highest BCUT2D eigenvalue weighted by Gasteiger charge is 2.03. The van der Waals surface area contributed by atoms with Crippen LogP contribution in [0.3, 0.4) is 0 Å². The smallest absolute Gasteiger partial charge is 0.141 e. The summed E-state index contributed by atoms with van der Waals surface area (Å²) in [5.41, 5.74) is 10.5. The SMILES string of the molecule is COc1ccc(Cc2ccc(C(C)C)cc2)cc1N. The maximum atomic E-state index is 5.92. The molecule has 2 N–H and O–H groups in total. The van der Waals surface area contributed by atoms with Crippen molar-refractivity contribution in [2.75, 3.05) is 12.8 Å². The Labute approximate surface area is 115 Å². The Kier molecular flexibility index (Phi) is 4.10. The van der Waals surface area contributed by atoms with Crippen LogP contribution in [0, 0.1) is 0 Å². The number of methoxy groups -OCH3 is 1. The van der Waals surface area contributed by atoms with Crippen LogP contribution in [0.2, 0.25) is 0 Å². The van der Waals surface area contributed by atoms with Crippen LogP contribution in [-0.2, 0) is 6.42 Å². The van der Waals surface area contributed by atoms with Gasteiger partial charge in [0, 0.05) is 0 Å². The summed E-state index contributed by atoms with van der Waals surface area (Å²) in [5, 5.41) is 0. The van der Waals surface area contributed by atoms with Gasteiger partial charge in [0.15, 0.2) is 0 Å². The van der Waals surface area contributed by atoms with Gasteiger partial charge in [0.05, 0.1) is 12.8 Å². The van der Waals surface area contributed by atoms with E-state index in [0.29, 0.717) is 11.6 Å². The molecular weight excluding hydrogens is 234 g/mol. The van der Waals surface area contributed by atoms with Crippen molar-refractivity contribution in [2.45, 2.75) is 26.2 Å². The molecule has 0 saturated heterocycles. The summed E-state index contributed by atoms with van der Waals surface area (Å²) in [5.74, 6) is 1.31. The second-order valence-corrected chi connectivity index (χ2v) is 5.15. The van der Waals surface area contributed by atoms with Gasteiger partial charge in [-0.15, -0.1) is 0 Å². The fourth-order valence-corrected chi connectivity index (χ4v) is 2.15. The van der Waals surface area contributed by atoms with Gasteiger partial charge in [-0.3, -0.25) is 0 Å². The number of nitrogens with two attached hydrogens (primary N) is 1. The molecule has 0 heterocycles. The zero-order valence-electron chi connectivity index (χ0n) is 11.8. The maximum absolute atomic E-state index is 5.92. The molecule has 0 amide bonds. The largest absolute Gasteiger partial charge is 0.495 e. The predicted molar refractivity (Wildman–Crippen MR) is 80.7 cm³/mol. The first-order valence-electron chi connectivity index (χ1n) is 6.61. The summed E-state index contributed by atoms with van der Waals surface area (Å²) in [6.07, 6.45) is 0.895. The number of hydrogen-bond donors (Lipinski definition) is 1. The molecule has 0 saturated carbocycles. The Balaban J connectivity index is 2.14. The fraction of sp³-hybridized carbons (Fsp3) is 0.294. The molecule has 0 unspecified atom stereocenters. The first-order chi connectivity index (χ1) is 9.10. The molecule has 100 valence electrons. The molecule has 0 aliphatic rings. The second kappa shape index (κ2) is 5.79. The molecule has 0 aliphatic heterocycles. The lowest BCUT2D eigenvalue weighted by Gasteiger charge is -2.09. The zero-order chi connectivity index (χ0) is 13.8. The van der Waals surface area contributed by atoms with Crippen molar-refractivity contribution < 1.29 is 4.74 Å². The van der Waals surface area contributed by atoms with Gasteiger partial charge in [-0.05, 0) is 41.2 Å². The van der Waals surface area contributed by atoms with E-state index in [1.54, 1.807) is 7.11 Å². The van der Waals surface area contributed by atoms with Crippen molar-refractivity contribution in [1.82, 2.24) is 0 Å². The monoisotopic (exact) mass is 255 g/mol. The standard InChI is InChI=1S/C17H21NO/c1-12(2)15-7-4-13(5-8-15)10-14-6-9-17(19-3)16(18)11-14/h4-9,11-12H,10,18H2,1-3H3. The minimum absolute atomic E-state index is 0.575. The van der Waals surface area contributed by atoms with Crippen LogP contribution in [0.25, 0.3) is 0 Å². The van der Waals surface area contributed by atoms with Crippen molar-refractivity contribution in [3.63, 3.8) is 0 Å². The lowest BCUT2D eigenvalue weighted by atomic mass is 9.99. The molecule has 0 bridgehead atoms. The first-order valence-corrected chi connectivity index (χ1v) is 6.61. The highest BCUT2D eigenvalue weighted by molar-refractivity contribution is 5.54. The Morgan fingerprint density at radius 3 is 2.16 bits per heavy atom. The van der Waals surface area contributed by atoms with Gasteiger partial charge in [0.25, 0.3) is 0 Å². The molecule has 2 rings (SSSR count). The van der Waals surface area contributed by atoms with Gasteiger partial charge in [-0.2, -0.15) is 0 Å². The number of anilines is 1. The third-order valence-corrected chi connectivity index (χ3v) is 3.35. The van der Waals surface area contributed by atoms with Crippen LogP contribution in [0.1, 0.15) is 36.5 Å². The number of ether oxygens (including phenoxy) is 1. The topological polar surface area (TPSA) is 35.2 Å². The molecular formula is C17H21NO. The van der Waals surface area contributed by atoms with E-state index >= 15 is 0 Å². The molecule has 0 aromatic heterocycles. The molecule has 0 aliphatic carbocycles. The van der Waals surface area contributed by atoms with E-state index in [9.17, 15) is 0 Å². The van der Waals surface area contributed by atoms with Gasteiger partial charge in [0.1, 0.15) is 5.75 Å². The molecule has 2 aromatic carbocycles. The van der Waals surface area contributed by atoms with Crippen molar-refractivity contribution in [3.05, 3.63) is 59.2 Å². The lowest BCUT2D eigenvalue weighted by Crippen LogP contribution is -1.95. The van der Waals surface area contributed by atoms with Crippen LogP contribution in [-0.4, -0.2) is 7.11 Å². The summed E-state index contributed by atoms with van der Waals surface area (Å²) in [6, 6.07) is 14.7. The van der Waals surface area contributed by atoms with Crippen molar-refractivity contribution >= 4 is 5.69 Å². The third-order valence-electron chi connectivity index (χ3n) is 3.35. The van der Waals surface area contributed by atoms with Gasteiger partial charge in [0.2, 0.25) is 0 Å². The summed E-state index contributed by atoms with van der Waals surface area (Å²) in [4.78, 5) is 0. The summed E-state index contributed by atoms with van der Waals surface area (Å²) in [7, 11) is 1.63. The van der Waals surface area contributed by atoms with E-state index in [1.807, 2.05) is 12.1 Å². The Bertz CT molecular complexity index is 544. The molecule has 2 aromatic rings. The van der Waals surface area contributed by atoms with Crippen LogP contribution >= 0.6 is 0 Å². The zero-order valence-corrected chi connectivity index (χ0v) is 11.8. The van der Waals surface area contributed by atoms with E-state index in [4.69, 9.17) is 10.5 Å². The van der Waals surface area contributed by atoms with Gasteiger partial charge < -0.3 is 10.5 Å². The van der Waals surface area contributed by atoms with Gasteiger partial charge in [-0.1, -0.05) is 44.2 Å². The van der Waals surface area contributed by atoms with E-state index in [2.05, 4.69) is 44.2 Å². The molecule has 0 atom stereocenters. The van der Waals surface area contributed by atoms with E-state index in [-0.39, 0.29) is 0 Å². The minimum Gasteiger partial charge on any atom is -0.495 e. The lowest BCUT2D eigenvalue weighted by molar-refractivity contribution is 0.417. The second-order valence-electron chi connectivity index (χ2n) is 5.15. The normalized spacial score (nSPS) is 10.7. The van der Waals surface area contributed by atoms with E-state index in [0.717, 1.165) is 12.2 Å². The molecule has 19 heavy (non-hydrogen) atoms. The average molecular weight is 255 g/mol. The van der Waals surface area contributed by atoms with Crippen LogP contribution in [0.5, 0.6) is 5.75 Å². The minimum atomic E-state index is 0.575. The van der Waals surface area contributed by atoms with E-state index < -0.39 is 0 Å². The Hall–Kier alpha value is -1.96. The summed E-state index contributed by atoms with van der Waals surface area (Å²) < 4.78 is 5.17. The molecule has 2 heteroatoms. The van der Waals surface area contributed by atoms with Crippen LogP contribution in [0.15, 0.2) is 42.5 Å². The summed E-state index contributed by atoms with van der Waals surface area (Å²) in [6.45, 7) is 4.42. The Morgan fingerprint density at radius 2 is 1.63 bits per heavy atom. The van der Waals surface area contributed by atoms with Gasteiger partial charge >= 0.3 is 0 Å². The predicted octanol–water partition coefficient (Wildman–Crippen LogP) is 3.99. The molecule has 0 fully saturated rings. The number of benzene rings is 2. The van der Waals surface area contributed by atoms with Crippen molar-refractivity contribution in [3.8, 4) is 5.75 Å². The molecule has 0 radical (unpaired) electrons. The van der Waals surface area contributed by atoms with Crippen molar-refractivity contribution in [2.24, 2.45) is 0 Å². The van der Waals surface area contributed by atoms with Crippen LogP contribution < -0.4 is 10.5 Å². The summed E-state index contributed by atoms with van der Waals surface area (Å²) >= 11 is 0. The number of nitrogen functional groups attached to an aromatic ring is 1. The average Bonchev–Trinajstić information content (AvgIpc) is 2.39.